The number of esters is 1. The summed E-state index contributed by atoms with van der Waals surface area (Å²) in [6, 6.07) is 7.42. The molecule has 0 fully saturated rings. The van der Waals surface area contributed by atoms with Crippen molar-refractivity contribution < 1.29 is 33.5 Å². The van der Waals surface area contributed by atoms with Crippen LogP contribution in [-0.2, 0) is 9.53 Å². The van der Waals surface area contributed by atoms with Crippen molar-refractivity contribution in [2.45, 2.75) is 13.8 Å². The van der Waals surface area contributed by atoms with Gasteiger partial charge in [-0.2, -0.15) is 0 Å². The molecule has 2 rings (SSSR count). The Bertz CT molecular complexity index is 958. The van der Waals surface area contributed by atoms with Gasteiger partial charge < -0.3 is 24.3 Å². The summed E-state index contributed by atoms with van der Waals surface area (Å²) >= 11 is 0. The Kier molecular flexibility index (Phi) is 7.56. The molecule has 2 aromatic rings. The van der Waals surface area contributed by atoms with Crippen molar-refractivity contribution in [3.05, 3.63) is 51.6 Å². The number of ether oxygens (including phenoxy) is 4. The first-order valence-corrected chi connectivity index (χ1v) is 8.91. The van der Waals surface area contributed by atoms with Gasteiger partial charge in [-0.05, 0) is 31.5 Å². The van der Waals surface area contributed by atoms with Crippen molar-refractivity contribution in [1.29, 1.82) is 0 Å². The standard InChI is InChI=1S/C20H22N2O8/c1-5-29-18-9-13(15(22(25)26)10-17(18)28-4)20(24)30-11-19(23)21-14-8-12(2)6-7-16(14)27-3/h6-10H,5,11H2,1-4H3,(H,21,23). The number of amides is 1. The summed E-state index contributed by atoms with van der Waals surface area (Å²) in [5, 5.41) is 13.9. The van der Waals surface area contributed by atoms with E-state index in [4.69, 9.17) is 18.9 Å². The number of methoxy groups -OCH3 is 2. The van der Waals surface area contributed by atoms with Crippen LogP contribution in [0.4, 0.5) is 11.4 Å². The molecule has 1 amide bonds. The van der Waals surface area contributed by atoms with Gasteiger partial charge in [0.05, 0.1) is 37.5 Å². The lowest BCUT2D eigenvalue weighted by atomic mass is 10.1. The number of nitrogens with one attached hydrogen (secondary N) is 1. The fraction of sp³-hybridized carbons (Fsp3) is 0.300. The minimum atomic E-state index is -1.04. The second-order valence-corrected chi connectivity index (χ2v) is 6.04. The van der Waals surface area contributed by atoms with Gasteiger partial charge in [-0.25, -0.2) is 4.79 Å². The summed E-state index contributed by atoms with van der Waals surface area (Å²) < 4.78 is 20.6. The zero-order valence-corrected chi connectivity index (χ0v) is 17.0. The Morgan fingerprint density at radius 3 is 2.37 bits per heavy atom. The molecule has 0 atom stereocenters. The third-order valence-electron chi connectivity index (χ3n) is 3.96. The first-order valence-electron chi connectivity index (χ1n) is 8.91. The molecule has 10 nitrogen and oxygen atoms in total. The number of nitrogens with zero attached hydrogens (tertiary/aromatic N) is 1. The maximum atomic E-state index is 12.4. The zero-order valence-electron chi connectivity index (χ0n) is 17.0. The Labute approximate surface area is 172 Å². The fourth-order valence-corrected chi connectivity index (χ4v) is 2.61. The van der Waals surface area contributed by atoms with Gasteiger partial charge in [0, 0.05) is 6.07 Å². The predicted octanol–water partition coefficient (Wildman–Crippen LogP) is 3.11. The molecule has 0 aliphatic rings. The van der Waals surface area contributed by atoms with Gasteiger partial charge in [-0.3, -0.25) is 14.9 Å². The lowest BCUT2D eigenvalue weighted by Crippen LogP contribution is -2.21. The number of anilines is 1. The van der Waals surface area contributed by atoms with Crippen molar-refractivity contribution in [2.24, 2.45) is 0 Å². The summed E-state index contributed by atoms with van der Waals surface area (Å²) in [6.07, 6.45) is 0. The molecule has 0 aliphatic heterocycles. The van der Waals surface area contributed by atoms with Crippen LogP contribution >= 0.6 is 0 Å². The molecule has 2 aromatic carbocycles. The summed E-state index contributed by atoms with van der Waals surface area (Å²) in [4.78, 5) is 35.2. The van der Waals surface area contributed by atoms with Crippen molar-refractivity contribution in [3.63, 3.8) is 0 Å². The van der Waals surface area contributed by atoms with E-state index in [1.165, 1.54) is 14.2 Å². The fourth-order valence-electron chi connectivity index (χ4n) is 2.61. The lowest BCUT2D eigenvalue weighted by molar-refractivity contribution is -0.385. The SMILES string of the molecule is CCOc1cc(C(=O)OCC(=O)Nc2cc(C)ccc2OC)c([N+](=O)[O-])cc1OC. The van der Waals surface area contributed by atoms with Crippen LogP contribution in [0.3, 0.4) is 0 Å². The number of hydrogen-bond acceptors (Lipinski definition) is 8. The van der Waals surface area contributed by atoms with Crippen LogP contribution in [0.2, 0.25) is 0 Å². The number of hydrogen-bond donors (Lipinski definition) is 1. The molecule has 0 spiro atoms. The minimum absolute atomic E-state index is 0.101. The molecular formula is C20H22N2O8. The lowest BCUT2D eigenvalue weighted by Gasteiger charge is -2.13. The number of rotatable bonds is 9. The third-order valence-corrected chi connectivity index (χ3v) is 3.96. The largest absolute Gasteiger partial charge is 0.495 e. The Hall–Kier alpha value is -3.82. The normalized spacial score (nSPS) is 10.1. The minimum Gasteiger partial charge on any atom is -0.495 e. The van der Waals surface area contributed by atoms with Crippen LogP contribution in [0.1, 0.15) is 22.8 Å². The van der Waals surface area contributed by atoms with E-state index < -0.39 is 29.1 Å². The van der Waals surface area contributed by atoms with E-state index >= 15 is 0 Å². The predicted molar refractivity (Wildman–Crippen MR) is 107 cm³/mol. The average Bonchev–Trinajstić information content (AvgIpc) is 2.72. The van der Waals surface area contributed by atoms with E-state index in [0.717, 1.165) is 17.7 Å². The summed E-state index contributed by atoms with van der Waals surface area (Å²) in [5.41, 5.74) is 0.416. The van der Waals surface area contributed by atoms with Gasteiger partial charge >= 0.3 is 5.97 Å². The maximum absolute atomic E-state index is 12.4. The topological polar surface area (TPSA) is 126 Å². The second kappa shape index (κ2) is 10.1. The summed E-state index contributed by atoms with van der Waals surface area (Å²) in [7, 11) is 2.78. The Balaban J connectivity index is 2.17. The zero-order chi connectivity index (χ0) is 22.3. The van der Waals surface area contributed by atoms with Crippen LogP contribution < -0.4 is 19.5 Å². The van der Waals surface area contributed by atoms with Crippen molar-refractivity contribution >= 4 is 23.3 Å². The highest BCUT2D eigenvalue weighted by molar-refractivity contribution is 5.98. The second-order valence-electron chi connectivity index (χ2n) is 6.04. The van der Waals surface area contributed by atoms with Gasteiger partial charge in [0.25, 0.3) is 11.6 Å². The monoisotopic (exact) mass is 418 g/mol. The van der Waals surface area contributed by atoms with Crippen LogP contribution in [0.15, 0.2) is 30.3 Å². The summed E-state index contributed by atoms with van der Waals surface area (Å²) in [6.45, 7) is 3.16. The van der Waals surface area contributed by atoms with Gasteiger partial charge in [-0.1, -0.05) is 6.07 Å². The van der Waals surface area contributed by atoms with Crippen LogP contribution in [0.5, 0.6) is 17.2 Å². The van der Waals surface area contributed by atoms with Gasteiger partial charge in [-0.15, -0.1) is 0 Å². The highest BCUT2D eigenvalue weighted by Gasteiger charge is 2.26. The highest BCUT2D eigenvalue weighted by atomic mass is 16.6. The van der Waals surface area contributed by atoms with E-state index in [1.807, 2.05) is 13.0 Å². The number of carbonyl (C=O) groups excluding carboxylic acids is 2. The molecule has 0 unspecified atom stereocenters. The van der Waals surface area contributed by atoms with E-state index in [9.17, 15) is 19.7 Å². The molecule has 10 heteroatoms. The number of aryl methyl sites for hydroxylation is 1. The number of benzene rings is 2. The smallest absolute Gasteiger partial charge is 0.345 e. The molecule has 0 radical (unpaired) electrons. The first-order chi connectivity index (χ1) is 14.3. The van der Waals surface area contributed by atoms with Crippen LogP contribution in [0, 0.1) is 17.0 Å². The molecule has 0 bridgehead atoms. The molecular weight excluding hydrogens is 396 g/mol. The Morgan fingerprint density at radius 2 is 1.77 bits per heavy atom. The molecule has 0 aromatic heterocycles. The maximum Gasteiger partial charge on any atom is 0.345 e. The molecule has 30 heavy (non-hydrogen) atoms. The van der Waals surface area contributed by atoms with Crippen LogP contribution in [-0.4, -0.2) is 44.2 Å². The number of nitro benzene ring substituents is 1. The highest BCUT2D eigenvalue weighted by Crippen LogP contribution is 2.35. The van der Waals surface area contributed by atoms with E-state index in [0.29, 0.717) is 11.4 Å². The van der Waals surface area contributed by atoms with E-state index in [1.54, 1.807) is 19.1 Å². The number of carbonyl (C=O) groups is 2. The van der Waals surface area contributed by atoms with Crippen molar-refractivity contribution in [2.75, 3.05) is 32.8 Å². The molecule has 0 saturated carbocycles. The number of nitro groups is 1. The van der Waals surface area contributed by atoms with E-state index in [-0.39, 0.29) is 23.7 Å². The van der Waals surface area contributed by atoms with Crippen molar-refractivity contribution in [3.8, 4) is 17.2 Å². The molecule has 0 saturated heterocycles. The van der Waals surface area contributed by atoms with Crippen molar-refractivity contribution in [1.82, 2.24) is 0 Å². The average molecular weight is 418 g/mol. The van der Waals surface area contributed by atoms with Crippen LogP contribution in [0.25, 0.3) is 0 Å². The summed E-state index contributed by atoms with van der Waals surface area (Å²) in [5.74, 6) is -0.992. The van der Waals surface area contributed by atoms with Gasteiger partial charge in [0.2, 0.25) is 0 Å². The van der Waals surface area contributed by atoms with E-state index in [2.05, 4.69) is 5.32 Å². The Morgan fingerprint density at radius 1 is 1.07 bits per heavy atom. The van der Waals surface area contributed by atoms with Gasteiger partial charge in [0.1, 0.15) is 11.3 Å². The quantitative estimate of drug-likeness (QED) is 0.374. The third kappa shape index (κ3) is 5.37. The first kappa shape index (κ1) is 22.5. The molecule has 0 aliphatic carbocycles. The molecule has 1 N–H and O–H groups in total. The van der Waals surface area contributed by atoms with Gasteiger partial charge in [0.15, 0.2) is 18.1 Å². The molecule has 0 heterocycles. The molecule has 160 valence electrons.